The quantitative estimate of drug-likeness (QED) is 0.751. The molecule has 0 unspecified atom stereocenters. The Bertz CT molecular complexity index is 647. The average molecular weight is 330 g/mol. The lowest BCUT2D eigenvalue weighted by Gasteiger charge is -2.09. The minimum Gasteiger partial charge on any atom is -0.431 e. The maximum Gasteiger partial charge on any atom is 0.514 e. The monoisotopic (exact) mass is 329 g/mol. The molecule has 1 aromatic carbocycles. The Balaban J connectivity index is 2.41. The van der Waals surface area contributed by atoms with Crippen molar-refractivity contribution < 1.29 is 18.8 Å². The van der Waals surface area contributed by atoms with E-state index in [1.807, 2.05) is 0 Å². The fourth-order valence-corrected chi connectivity index (χ4v) is 2.24. The van der Waals surface area contributed by atoms with Crippen LogP contribution in [0.15, 0.2) is 22.7 Å². The number of carbonyl (C=O) groups is 1. The van der Waals surface area contributed by atoms with E-state index in [1.54, 1.807) is 39.0 Å². The van der Waals surface area contributed by atoms with Crippen LogP contribution >= 0.6 is 23.2 Å². The van der Waals surface area contributed by atoms with Crippen LogP contribution < -0.4 is 4.74 Å². The summed E-state index contributed by atoms with van der Waals surface area (Å²) in [5.74, 6) is 0.456. The summed E-state index contributed by atoms with van der Waals surface area (Å²) in [4.78, 5) is 11.6. The molecule has 0 saturated carbocycles. The van der Waals surface area contributed by atoms with Crippen LogP contribution in [0.4, 0.5) is 4.79 Å². The van der Waals surface area contributed by atoms with E-state index >= 15 is 0 Å². The molecule has 0 aliphatic carbocycles. The van der Waals surface area contributed by atoms with Crippen LogP contribution in [0.3, 0.4) is 0 Å². The maximum atomic E-state index is 11.6. The van der Waals surface area contributed by atoms with Crippen molar-refractivity contribution in [1.29, 1.82) is 0 Å². The Morgan fingerprint density at radius 2 is 1.90 bits per heavy atom. The molecule has 0 N–H and O–H groups in total. The lowest BCUT2D eigenvalue weighted by atomic mass is 10.1. The molecule has 0 saturated heterocycles. The van der Waals surface area contributed by atoms with Crippen LogP contribution in [0, 0.1) is 6.92 Å². The Labute approximate surface area is 131 Å². The smallest absolute Gasteiger partial charge is 0.431 e. The normalized spacial score (nSPS) is 10.8. The number of aryl methyl sites for hydroxylation is 1. The van der Waals surface area contributed by atoms with Gasteiger partial charge >= 0.3 is 6.16 Å². The topological polar surface area (TPSA) is 61.6 Å². The lowest BCUT2D eigenvalue weighted by Crippen LogP contribution is -2.16. The highest BCUT2D eigenvalue weighted by molar-refractivity contribution is 6.39. The van der Waals surface area contributed by atoms with E-state index in [9.17, 15) is 4.79 Å². The Morgan fingerprint density at radius 1 is 1.29 bits per heavy atom. The van der Waals surface area contributed by atoms with Crippen molar-refractivity contribution in [2.75, 3.05) is 0 Å². The molecule has 5 nitrogen and oxygen atoms in total. The molecule has 0 radical (unpaired) electrons. The fourth-order valence-electron chi connectivity index (χ4n) is 1.67. The van der Waals surface area contributed by atoms with Crippen LogP contribution in [-0.2, 0) is 4.74 Å². The zero-order valence-corrected chi connectivity index (χ0v) is 13.2. The standard InChI is InChI=1S/C14H13Cl2NO4/c1-7(2)19-14(18)20-13-8(3)21-17-12(13)11-9(15)5-4-6-10(11)16/h4-7H,1-3H3. The average Bonchev–Trinajstić information content (AvgIpc) is 2.70. The molecule has 2 aromatic rings. The molecule has 0 amide bonds. The Hall–Kier alpha value is -1.72. The van der Waals surface area contributed by atoms with Crippen LogP contribution in [0.5, 0.6) is 5.75 Å². The summed E-state index contributed by atoms with van der Waals surface area (Å²) >= 11 is 12.3. The Morgan fingerprint density at radius 3 is 2.48 bits per heavy atom. The molecule has 21 heavy (non-hydrogen) atoms. The number of carbonyl (C=O) groups excluding carboxylic acids is 1. The highest BCUT2D eigenvalue weighted by Gasteiger charge is 2.24. The minimum absolute atomic E-state index is 0.135. The first-order chi connectivity index (χ1) is 9.90. The van der Waals surface area contributed by atoms with Gasteiger partial charge in [0.05, 0.1) is 16.1 Å². The van der Waals surface area contributed by atoms with Crippen molar-refractivity contribution in [3.8, 4) is 17.0 Å². The number of benzene rings is 1. The molecule has 2 rings (SSSR count). The van der Waals surface area contributed by atoms with Gasteiger partial charge in [-0.25, -0.2) is 4.79 Å². The molecule has 0 bridgehead atoms. The van der Waals surface area contributed by atoms with E-state index in [2.05, 4.69) is 5.16 Å². The lowest BCUT2D eigenvalue weighted by molar-refractivity contribution is 0.0725. The van der Waals surface area contributed by atoms with Crippen molar-refractivity contribution in [2.45, 2.75) is 26.9 Å². The van der Waals surface area contributed by atoms with Gasteiger partial charge in [0.25, 0.3) is 0 Å². The summed E-state index contributed by atoms with van der Waals surface area (Å²) in [5, 5.41) is 4.61. The summed E-state index contributed by atoms with van der Waals surface area (Å²) in [6.07, 6.45) is -1.15. The highest BCUT2D eigenvalue weighted by atomic mass is 35.5. The van der Waals surface area contributed by atoms with Crippen molar-refractivity contribution in [3.05, 3.63) is 34.0 Å². The SMILES string of the molecule is Cc1onc(-c2c(Cl)cccc2Cl)c1OC(=O)OC(C)C. The van der Waals surface area contributed by atoms with Gasteiger partial charge in [0.2, 0.25) is 5.75 Å². The third-order valence-electron chi connectivity index (χ3n) is 2.53. The number of aromatic nitrogens is 1. The summed E-state index contributed by atoms with van der Waals surface area (Å²) < 4.78 is 15.2. The third kappa shape index (κ3) is 3.49. The van der Waals surface area contributed by atoms with Crippen LogP contribution in [0.2, 0.25) is 10.0 Å². The molecule has 1 aromatic heterocycles. The predicted octanol–water partition coefficient (Wildman–Crippen LogP) is 4.88. The van der Waals surface area contributed by atoms with E-state index in [1.165, 1.54) is 0 Å². The minimum atomic E-state index is -0.847. The number of hydrogen-bond donors (Lipinski definition) is 0. The number of rotatable bonds is 3. The van der Waals surface area contributed by atoms with Gasteiger partial charge in [-0.1, -0.05) is 34.4 Å². The van der Waals surface area contributed by atoms with Crippen molar-refractivity contribution in [2.24, 2.45) is 0 Å². The third-order valence-corrected chi connectivity index (χ3v) is 3.16. The molecular weight excluding hydrogens is 317 g/mol. The second kappa shape index (κ2) is 6.37. The second-order valence-electron chi connectivity index (χ2n) is 4.53. The summed E-state index contributed by atoms with van der Waals surface area (Å²) in [5.41, 5.74) is 0.689. The molecule has 0 aliphatic heterocycles. The van der Waals surface area contributed by atoms with Gasteiger partial charge in [-0.05, 0) is 26.0 Å². The number of nitrogens with zero attached hydrogens (tertiary/aromatic N) is 1. The summed E-state index contributed by atoms with van der Waals surface area (Å²) in [6, 6.07) is 5.01. The molecular formula is C14H13Cl2NO4. The molecule has 0 fully saturated rings. The molecule has 0 spiro atoms. The zero-order valence-electron chi connectivity index (χ0n) is 11.6. The van der Waals surface area contributed by atoms with Gasteiger partial charge in [-0.15, -0.1) is 0 Å². The number of hydrogen-bond acceptors (Lipinski definition) is 5. The largest absolute Gasteiger partial charge is 0.514 e. The van der Waals surface area contributed by atoms with Gasteiger partial charge < -0.3 is 14.0 Å². The first kappa shape index (κ1) is 15.7. The second-order valence-corrected chi connectivity index (χ2v) is 5.35. The van der Waals surface area contributed by atoms with Gasteiger partial charge in [0, 0.05) is 12.5 Å². The zero-order chi connectivity index (χ0) is 15.6. The maximum absolute atomic E-state index is 11.6. The molecule has 0 atom stereocenters. The predicted molar refractivity (Wildman–Crippen MR) is 78.9 cm³/mol. The van der Waals surface area contributed by atoms with Crippen LogP contribution in [-0.4, -0.2) is 17.4 Å². The highest BCUT2D eigenvalue weighted by Crippen LogP contribution is 2.40. The fraction of sp³-hybridized carbons (Fsp3) is 0.286. The molecule has 112 valence electrons. The van der Waals surface area contributed by atoms with E-state index in [-0.39, 0.29) is 17.5 Å². The van der Waals surface area contributed by atoms with E-state index < -0.39 is 6.16 Å². The number of ether oxygens (including phenoxy) is 2. The van der Waals surface area contributed by atoms with Gasteiger partial charge in [-0.3, -0.25) is 0 Å². The van der Waals surface area contributed by atoms with Crippen LogP contribution in [0.25, 0.3) is 11.3 Å². The van der Waals surface area contributed by atoms with E-state index in [0.29, 0.717) is 21.4 Å². The summed E-state index contributed by atoms with van der Waals surface area (Å²) in [7, 11) is 0. The van der Waals surface area contributed by atoms with E-state index in [4.69, 9.17) is 37.2 Å². The molecule has 1 heterocycles. The van der Waals surface area contributed by atoms with Crippen molar-refractivity contribution in [1.82, 2.24) is 5.16 Å². The first-order valence-electron chi connectivity index (χ1n) is 6.19. The van der Waals surface area contributed by atoms with Gasteiger partial charge in [0.1, 0.15) is 0 Å². The number of halogens is 2. The summed E-state index contributed by atoms with van der Waals surface area (Å²) in [6.45, 7) is 5.04. The Kier molecular flexibility index (Phi) is 4.75. The van der Waals surface area contributed by atoms with E-state index in [0.717, 1.165) is 0 Å². The molecule has 7 heteroatoms. The first-order valence-corrected chi connectivity index (χ1v) is 6.95. The molecule has 0 aliphatic rings. The van der Waals surface area contributed by atoms with Crippen molar-refractivity contribution in [3.63, 3.8) is 0 Å². The van der Waals surface area contributed by atoms with Crippen molar-refractivity contribution >= 4 is 29.4 Å². The van der Waals surface area contributed by atoms with Gasteiger partial charge in [0.15, 0.2) is 11.5 Å². The van der Waals surface area contributed by atoms with Gasteiger partial charge in [-0.2, -0.15) is 0 Å². The van der Waals surface area contributed by atoms with Crippen LogP contribution in [0.1, 0.15) is 19.6 Å².